The number of imide groups is 1. The molecule has 10 heteroatoms. The van der Waals surface area contributed by atoms with Gasteiger partial charge in [-0.05, 0) is 48.8 Å². The summed E-state index contributed by atoms with van der Waals surface area (Å²) in [4.78, 5) is 40.5. The Morgan fingerprint density at radius 2 is 1.91 bits per heavy atom. The minimum atomic E-state index is -4.69. The van der Waals surface area contributed by atoms with E-state index in [0.29, 0.717) is 18.5 Å². The third-order valence-electron chi connectivity index (χ3n) is 6.02. The third-order valence-corrected chi connectivity index (χ3v) is 6.02. The number of carbonyl (C=O) groups excluding carboxylic acids is 3. The lowest BCUT2D eigenvalue weighted by molar-refractivity contribution is -0.138. The molecule has 2 aliphatic rings. The summed E-state index contributed by atoms with van der Waals surface area (Å²) in [6, 6.07) is 2.84. The maximum Gasteiger partial charge on any atom is 0.418 e. The summed E-state index contributed by atoms with van der Waals surface area (Å²) in [7, 11) is 3.21. The van der Waals surface area contributed by atoms with Crippen molar-refractivity contribution in [3.05, 3.63) is 23.8 Å². The molecule has 7 nitrogen and oxygen atoms in total. The van der Waals surface area contributed by atoms with Crippen LogP contribution in [0.25, 0.3) is 0 Å². The minimum absolute atomic E-state index is 0.172. The van der Waals surface area contributed by atoms with Crippen LogP contribution in [0.5, 0.6) is 0 Å². The molecule has 3 rings (SSSR count). The first-order valence-electron chi connectivity index (χ1n) is 10.5. The average Bonchev–Trinajstić information content (AvgIpc) is 2.82. The Morgan fingerprint density at radius 1 is 1.25 bits per heavy atom. The quantitative estimate of drug-likeness (QED) is 0.678. The molecule has 2 N–H and O–H groups in total. The van der Waals surface area contributed by atoms with E-state index in [1.807, 2.05) is 20.8 Å². The lowest BCUT2D eigenvalue weighted by Crippen LogP contribution is -2.54. The molecule has 32 heavy (non-hydrogen) atoms. The molecule has 1 aliphatic carbocycles. The van der Waals surface area contributed by atoms with Crippen LogP contribution in [0.2, 0.25) is 0 Å². The van der Waals surface area contributed by atoms with Gasteiger partial charge < -0.3 is 15.5 Å². The molecule has 1 saturated heterocycles. The predicted molar refractivity (Wildman–Crippen MR) is 114 cm³/mol. The smallest absolute Gasteiger partial charge is 0.378 e. The predicted octanol–water partition coefficient (Wildman–Crippen LogP) is 3.85. The van der Waals surface area contributed by atoms with Crippen molar-refractivity contribution in [2.45, 2.75) is 51.7 Å². The van der Waals surface area contributed by atoms with E-state index in [1.165, 1.54) is 11.0 Å². The SMILES string of the molecule is CC1CC(C)(C)CC2(C1)NC(=O)N(CC(=O)Nc1ccc(N(C)C)cc1C(F)(F)F)C2=O. The van der Waals surface area contributed by atoms with Crippen LogP contribution < -0.4 is 15.5 Å². The second-order valence-electron chi connectivity index (χ2n) is 9.93. The van der Waals surface area contributed by atoms with Gasteiger partial charge in [-0.2, -0.15) is 13.2 Å². The number of nitrogens with one attached hydrogen (secondary N) is 2. The zero-order chi connectivity index (χ0) is 24.1. The van der Waals surface area contributed by atoms with E-state index in [1.54, 1.807) is 14.1 Å². The van der Waals surface area contributed by atoms with Crippen molar-refractivity contribution < 1.29 is 27.6 Å². The molecule has 1 aliphatic heterocycles. The van der Waals surface area contributed by atoms with E-state index in [-0.39, 0.29) is 11.3 Å². The first kappa shape index (κ1) is 23.9. The van der Waals surface area contributed by atoms with Crippen LogP contribution in [-0.2, 0) is 15.8 Å². The molecular formula is C22H29F3N4O3. The Labute approximate surface area is 185 Å². The van der Waals surface area contributed by atoms with Crippen LogP contribution in [0.4, 0.5) is 29.3 Å². The number of benzene rings is 1. The summed E-state index contributed by atoms with van der Waals surface area (Å²) in [5.74, 6) is -1.19. The Kier molecular flexibility index (Phi) is 5.95. The Morgan fingerprint density at radius 3 is 2.47 bits per heavy atom. The molecule has 1 saturated carbocycles. The molecule has 0 bridgehead atoms. The van der Waals surface area contributed by atoms with Gasteiger partial charge in [0.05, 0.1) is 11.3 Å². The van der Waals surface area contributed by atoms with Crippen LogP contribution in [0.15, 0.2) is 18.2 Å². The molecule has 176 valence electrons. The van der Waals surface area contributed by atoms with Gasteiger partial charge in [-0.25, -0.2) is 4.79 Å². The minimum Gasteiger partial charge on any atom is -0.378 e. The molecular weight excluding hydrogens is 425 g/mol. The van der Waals surface area contributed by atoms with Crippen molar-refractivity contribution in [1.29, 1.82) is 0 Å². The first-order valence-corrected chi connectivity index (χ1v) is 10.5. The molecule has 1 aromatic rings. The van der Waals surface area contributed by atoms with Gasteiger partial charge >= 0.3 is 12.2 Å². The highest BCUT2D eigenvalue weighted by Crippen LogP contribution is 2.46. The average molecular weight is 454 g/mol. The van der Waals surface area contributed by atoms with E-state index in [2.05, 4.69) is 10.6 Å². The number of rotatable bonds is 4. The van der Waals surface area contributed by atoms with Gasteiger partial charge in [0.1, 0.15) is 12.1 Å². The summed E-state index contributed by atoms with van der Waals surface area (Å²) >= 11 is 0. The van der Waals surface area contributed by atoms with Crippen molar-refractivity contribution in [3.63, 3.8) is 0 Å². The Hall–Kier alpha value is -2.78. The lowest BCUT2D eigenvalue weighted by atomic mass is 9.64. The summed E-state index contributed by atoms with van der Waals surface area (Å²) in [6.45, 7) is 5.39. The molecule has 4 amide bonds. The number of amides is 4. The highest BCUT2D eigenvalue weighted by Gasteiger charge is 2.56. The second-order valence-corrected chi connectivity index (χ2v) is 9.93. The van der Waals surface area contributed by atoms with Crippen molar-refractivity contribution >= 4 is 29.2 Å². The molecule has 0 radical (unpaired) electrons. The highest BCUT2D eigenvalue weighted by atomic mass is 19.4. The molecule has 1 spiro atoms. The normalized spacial score (nSPS) is 25.1. The van der Waals surface area contributed by atoms with Crippen LogP contribution in [0.1, 0.15) is 45.6 Å². The third kappa shape index (κ3) is 4.68. The largest absolute Gasteiger partial charge is 0.418 e. The fraction of sp³-hybridized carbons (Fsp3) is 0.591. The van der Waals surface area contributed by atoms with E-state index in [4.69, 9.17) is 0 Å². The van der Waals surface area contributed by atoms with Crippen molar-refractivity contribution in [2.24, 2.45) is 11.3 Å². The summed E-state index contributed by atoms with van der Waals surface area (Å²) in [6.07, 6.45) is -2.88. The van der Waals surface area contributed by atoms with Gasteiger partial charge in [0.25, 0.3) is 5.91 Å². The fourth-order valence-electron chi connectivity index (χ4n) is 5.14. The van der Waals surface area contributed by atoms with Crippen molar-refractivity contribution in [3.8, 4) is 0 Å². The van der Waals surface area contributed by atoms with Gasteiger partial charge in [0.2, 0.25) is 5.91 Å². The van der Waals surface area contributed by atoms with Gasteiger partial charge in [-0.1, -0.05) is 20.8 Å². The molecule has 2 unspecified atom stereocenters. The molecule has 1 aromatic carbocycles. The van der Waals surface area contributed by atoms with Crippen LogP contribution in [0.3, 0.4) is 0 Å². The van der Waals surface area contributed by atoms with Gasteiger partial charge in [-0.15, -0.1) is 0 Å². The van der Waals surface area contributed by atoms with Crippen LogP contribution in [0, 0.1) is 11.3 Å². The number of urea groups is 1. The Balaban J connectivity index is 1.79. The highest BCUT2D eigenvalue weighted by molar-refractivity contribution is 6.10. The lowest BCUT2D eigenvalue weighted by Gasteiger charge is -2.43. The van der Waals surface area contributed by atoms with Crippen molar-refractivity contribution in [1.82, 2.24) is 10.2 Å². The van der Waals surface area contributed by atoms with Gasteiger partial charge in [0.15, 0.2) is 0 Å². The van der Waals surface area contributed by atoms with Crippen LogP contribution >= 0.6 is 0 Å². The summed E-state index contributed by atoms with van der Waals surface area (Å²) < 4.78 is 40.6. The zero-order valence-corrected chi connectivity index (χ0v) is 18.9. The maximum absolute atomic E-state index is 13.5. The maximum atomic E-state index is 13.5. The molecule has 2 atom stereocenters. The summed E-state index contributed by atoms with van der Waals surface area (Å²) in [5.41, 5.74) is -2.37. The molecule has 2 fully saturated rings. The number of alkyl halides is 3. The van der Waals surface area contributed by atoms with Gasteiger partial charge in [0, 0.05) is 19.8 Å². The van der Waals surface area contributed by atoms with Crippen LogP contribution in [-0.4, -0.2) is 48.9 Å². The number of carbonyl (C=O) groups is 3. The number of anilines is 2. The molecule has 0 aromatic heterocycles. The number of halogens is 3. The van der Waals surface area contributed by atoms with E-state index >= 15 is 0 Å². The zero-order valence-electron chi connectivity index (χ0n) is 18.9. The topological polar surface area (TPSA) is 81.8 Å². The van der Waals surface area contributed by atoms with E-state index in [0.717, 1.165) is 23.5 Å². The van der Waals surface area contributed by atoms with E-state index < -0.39 is 47.4 Å². The first-order chi connectivity index (χ1) is 14.6. The fourth-order valence-corrected chi connectivity index (χ4v) is 5.14. The summed E-state index contributed by atoms with van der Waals surface area (Å²) in [5, 5.41) is 4.97. The Bertz CT molecular complexity index is 945. The van der Waals surface area contributed by atoms with Crippen molar-refractivity contribution in [2.75, 3.05) is 30.9 Å². The number of nitrogens with zero attached hydrogens (tertiary/aromatic N) is 2. The van der Waals surface area contributed by atoms with Gasteiger partial charge in [-0.3, -0.25) is 14.5 Å². The number of hydrogen-bond acceptors (Lipinski definition) is 4. The standard InChI is InChI=1S/C22H29F3N4O3/c1-13-9-20(2,3)12-21(10-13)18(31)29(19(32)27-21)11-17(30)26-16-7-6-14(28(4)5)8-15(16)22(23,24)25/h6-8,13H,9-12H2,1-5H3,(H,26,30)(H,27,32). The molecule has 1 heterocycles. The second kappa shape index (κ2) is 7.97. The number of hydrogen-bond donors (Lipinski definition) is 2. The van der Waals surface area contributed by atoms with E-state index in [9.17, 15) is 27.6 Å². The monoisotopic (exact) mass is 454 g/mol.